The highest BCUT2D eigenvalue weighted by Gasteiger charge is 2.15. The molecule has 0 bridgehead atoms. The quantitative estimate of drug-likeness (QED) is 0.188. The van der Waals surface area contributed by atoms with Crippen LogP contribution in [0.3, 0.4) is 0 Å². The lowest BCUT2D eigenvalue weighted by molar-refractivity contribution is 0.0168. The SMILES string of the molecule is CCNC(=NCC(O)c1cc2ccccc2s1)NCCCOCC1CCCO1.I. The van der Waals surface area contributed by atoms with Gasteiger partial charge in [0.1, 0.15) is 6.10 Å². The van der Waals surface area contributed by atoms with E-state index in [9.17, 15) is 5.11 Å². The number of aliphatic hydroxyl groups is 1. The molecule has 1 aliphatic heterocycles. The summed E-state index contributed by atoms with van der Waals surface area (Å²) in [5.74, 6) is 0.724. The number of hydrogen-bond donors (Lipinski definition) is 3. The first-order valence-electron chi connectivity index (χ1n) is 10.1. The largest absolute Gasteiger partial charge is 0.386 e. The Balaban J connectivity index is 0.00000300. The molecule has 1 aliphatic rings. The van der Waals surface area contributed by atoms with Crippen molar-refractivity contribution >= 4 is 51.4 Å². The van der Waals surface area contributed by atoms with Gasteiger partial charge < -0.3 is 25.2 Å². The summed E-state index contributed by atoms with van der Waals surface area (Å²) in [5.41, 5.74) is 0. The Bertz CT molecular complexity index is 717. The van der Waals surface area contributed by atoms with E-state index in [0.29, 0.717) is 19.8 Å². The smallest absolute Gasteiger partial charge is 0.191 e. The summed E-state index contributed by atoms with van der Waals surface area (Å²) in [7, 11) is 0. The highest BCUT2D eigenvalue weighted by atomic mass is 127. The third-order valence-electron chi connectivity index (χ3n) is 4.63. The monoisotopic (exact) mass is 533 g/mol. The van der Waals surface area contributed by atoms with Crippen LogP contribution in [0.4, 0.5) is 0 Å². The van der Waals surface area contributed by atoms with Crippen molar-refractivity contribution in [1.82, 2.24) is 10.6 Å². The van der Waals surface area contributed by atoms with E-state index in [2.05, 4.69) is 27.8 Å². The predicted molar refractivity (Wildman–Crippen MR) is 131 cm³/mol. The third-order valence-corrected chi connectivity index (χ3v) is 5.84. The van der Waals surface area contributed by atoms with E-state index >= 15 is 0 Å². The molecular weight excluding hydrogens is 501 g/mol. The van der Waals surface area contributed by atoms with Gasteiger partial charge in [-0.1, -0.05) is 18.2 Å². The average molecular weight is 533 g/mol. The third kappa shape index (κ3) is 8.01. The van der Waals surface area contributed by atoms with E-state index in [1.165, 1.54) is 10.1 Å². The Hall–Kier alpha value is -0.940. The number of guanidine groups is 1. The minimum absolute atomic E-state index is 0. The summed E-state index contributed by atoms with van der Waals surface area (Å²) in [6.45, 7) is 6.18. The molecule has 0 radical (unpaired) electrons. The van der Waals surface area contributed by atoms with Crippen LogP contribution in [-0.2, 0) is 9.47 Å². The van der Waals surface area contributed by atoms with Crippen LogP contribution in [0.15, 0.2) is 35.3 Å². The van der Waals surface area contributed by atoms with E-state index in [1.54, 1.807) is 11.3 Å². The molecule has 29 heavy (non-hydrogen) atoms. The molecule has 2 atom stereocenters. The molecule has 0 spiro atoms. The summed E-state index contributed by atoms with van der Waals surface area (Å²) in [4.78, 5) is 5.48. The van der Waals surface area contributed by atoms with Crippen molar-refractivity contribution in [2.45, 2.75) is 38.4 Å². The van der Waals surface area contributed by atoms with E-state index < -0.39 is 6.10 Å². The molecule has 3 rings (SSSR count). The Kier molecular flexibility index (Phi) is 11.2. The molecule has 1 aromatic heterocycles. The Labute approximate surface area is 194 Å². The molecule has 3 N–H and O–H groups in total. The normalized spacial score (nSPS) is 17.9. The highest BCUT2D eigenvalue weighted by molar-refractivity contribution is 14.0. The summed E-state index contributed by atoms with van der Waals surface area (Å²) < 4.78 is 12.4. The van der Waals surface area contributed by atoms with Gasteiger partial charge in [0, 0.05) is 35.9 Å². The topological polar surface area (TPSA) is 75.1 Å². The van der Waals surface area contributed by atoms with Gasteiger partial charge in [0.2, 0.25) is 0 Å². The van der Waals surface area contributed by atoms with Crippen molar-refractivity contribution < 1.29 is 14.6 Å². The van der Waals surface area contributed by atoms with E-state index in [1.807, 2.05) is 25.1 Å². The molecule has 1 aromatic carbocycles. The highest BCUT2D eigenvalue weighted by Crippen LogP contribution is 2.29. The number of benzene rings is 1. The molecule has 8 heteroatoms. The van der Waals surface area contributed by atoms with Crippen molar-refractivity contribution in [3.63, 3.8) is 0 Å². The lowest BCUT2D eigenvalue weighted by Gasteiger charge is -2.13. The molecule has 1 fully saturated rings. The van der Waals surface area contributed by atoms with Crippen molar-refractivity contribution in [2.24, 2.45) is 4.99 Å². The molecule has 1 saturated heterocycles. The zero-order valence-electron chi connectivity index (χ0n) is 16.9. The number of halogens is 1. The average Bonchev–Trinajstić information content (AvgIpc) is 3.37. The summed E-state index contributed by atoms with van der Waals surface area (Å²) in [6.07, 6.45) is 2.84. The number of rotatable bonds is 10. The molecule has 2 heterocycles. The zero-order chi connectivity index (χ0) is 19.6. The number of aliphatic hydroxyl groups excluding tert-OH is 1. The van der Waals surface area contributed by atoms with Gasteiger partial charge in [-0.2, -0.15) is 0 Å². The first-order chi connectivity index (χ1) is 13.8. The van der Waals surface area contributed by atoms with Gasteiger partial charge >= 0.3 is 0 Å². The van der Waals surface area contributed by atoms with Gasteiger partial charge in [-0.3, -0.25) is 4.99 Å². The standard InChI is InChI=1S/C21H31N3O3S.HI/c1-2-22-21(23-10-6-11-26-15-17-8-5-12-27-17)24-14-18(25)20-13-16-7-3-4-9-19(16)28-20;/h3-4,7,9,13,17-18,25H,2,5-6,8,10-12,14-15H2,1H3,(H2,22,23,24);1H. The summed E-state index contributed by atoms with van der Waals surface area (Å²) in [5, 5.41) is 18.2. The predicted octanol–water partition coefficient (Wildman–Crippen LogP) is 3.69. The van der Waals surface area contributed by atoms with Crippen molar-refractivity contribution in [2.75, 3.05) is 39.5 Å². The molecule has 0 aliphatic carbocycles. The van der Waals surface area contributed by atoms with Crippen LogP contribution < -0.4 is 10.6 Å². The Morgan fingerprint density at radius 3 is 3.00 bits per heavy atom. The number of aliphatic imine (C=N–C) groups is 1. The molecule has 6 nitrogen and oxygen atoms in total. The van der Waals surface area contributed by atoms with E-state index in [4.69, 9.17) is 9.47 Å². The maximum atomic E-state index is 10.5. The van der Waals surface area contributed by atoms with E-state index in [-0.39, 0.29) is 30.1 Å². The van der Waals surface area contributed by atoms with Crippen LogP contribution in [-0.4, -0.2) is 56.6 Å². The number of nitrogens with one attached hydrogen (secondary N) is 2. The number of hydrogen-bond acceptors (Lipinski definition) is 5. The second-order valence-electron chi connectivity index (χ2n) is 6.91. The zero-order valence-corrected chi connectivity index (χ0v) is 20.1. The summed E-state index contributed by atoms with van der Waals surface area (Å²) >= 11 is 1.62. The number of fused-ring (bicyclic) bond motifs is 1. The molecule has 2 aromatic rings. The fourth-order valence-corrected chi connectivity index (χ4v) is 4.19. The molecule has 162 valence electrons. The lowest BCUT2D eigenvalue weighted by Crippen LogP contribution is -2.38. The van der Waals surface area contributed by atoms with Crippen LogP contribution in [0.2, 0.25) is 0 Å². The van der Waals surface area contributed by atoms with Crippen LogP contribution in [0, 0.1) is 0 Å². The maximum Gasteiger partial charge on any atom is 0.191 e. The number of thiophene rings is 1. The fraction of sp³-hybridized carbons (Fsp3) is 0.571. The minimum atomic E-state index is -0.595. The second-order valence-corrected chi connectivity index (χ2v) is 8.03. The molecular formula is C21H32IN3O3S. The maximum absolute atomic E-state index is 10.5. The molecule has 2 unspecified atom stereocenters. The second kappa shape index (κ2) is 13.4. The van der Waals surface area contributed by atoms with Crippen molar-refractivity contribution in [1.29, 1.82) is 0 Å². The van der Waals surface area contributed by atoms with Gasteiger partial charge in [0.15, 0.2) is 5.96 Å². The van der Waals surface area contributed by atoms with Gasteiger partial charge in [0.25, 0.3) is 0 Å². The van der Waals surface area contributed by atoms with Crippen LogP contribution in [0.25, 0.3) is 10.1 Å². The van der Waals surface area contributed by atoms with Gasteiger partial charge in [-0.15, -0.1) is 35.3 Å². The lowest BCUT2D eigenvalue weighted by atomic mass is 10.2. The summed E-state index contributed by atoms with van der Waals surface area (Å²) in [6, 6.07) is 10.2. The number of ether oxygens (including phenoxy) is 2. The molecule has 0 saturated carbocycles. The van der Waals surface area contributed by atoms with Crippen molar-refractivity contribution in [3.05, 3.63) is 35.2 Å². The van der Waals surface area contributed by atoms with Crippen LogP contribution in [0.5, 0.6) is 0 Å². The minimum Gasteiger partial charge on any atom is -0.386 e. The van der Waals surface area contributed by atoms with E-state index in [0.717, 1.165) is 49.8 Å². The number of nitrogens with zero attached hydrogens (tertiary/aromatic N) is 1. The fourth-order valence-electron chi connectivity index (χ4n) is 3.15. The van der Waals surface area contributed by atoms with Crippen LogP contribution >= 0.6 is 35.3 Å². The first-order valence-corrected chi connectivity index (χ1v) is 11.0. The first kappa shape index (κ1) is 24.3. The van der Waals surface area contributed by atoms with Crippen LogP contribution in [0.1, 0.15) is 37.2 Å². The van der Waals surface area contributed by atoms with Gasteiger partial charge in [-0.25, -0.2) is 0 Å². The molecule has 0 amide bonds. The van der Waals surface area contributed by atoms with Gasteiger partial charge in [0.05, 0.1) is 19.3 Å². The van der Waals surface area contributed by atoms with Crippen molar-refractivity contribution in [3.8, 4) is 0 Å². The Morgan fingerprint density at radius 2 is 2.24 bits per heavy atom. The Morgan fingerprint density at radius 1 is 1.38 bits per heavy atom. The van der Waals surface area contributed by atoms with Gasteiger partial charge in [-0.05, 0) is 43.7 Å².